The summed E-state index contributed by atoms with van der Waals surface area (Å²) in [6.45, 7) is 7.51. The molecule has 4 aromatic rings. The minimum atomic E-state index is -0.172. The van der Waals surface area contributed by atoms with Crippen LogP contribution >= 0.6 is 0 Å². The van der Waals surface area contributed by atoms with Crippen molar-refractivity contribution < 1.29 is 9.59 Å². The minimum Gasteiger partial charge on any atom is -0.358 e. The molecule has 0 saturated carbocycles. The van der Waals surface area contributed by atoms with E-state index in [9.17, 15) is 9.59 Å². The van der Waals surface area contributed by atoms with Crippen molar-refractivity contribution in [1.29, 1.82) is 0 Å². The van der Waals surface area contributed by atoms with Crippen molar-refractivity contribution in [3.63, 3.8) is 0 Å². The number of likely N-dealkylation sites (tertiary alicyclic amines) is 1. The lowest BCUT2D eigenvalue weighted by Crippen LogP contribution is -2.33. The van der Waals surface area contributed by atoms with Crippen LogP contribution in [-0.2, 0) is 4.79 Å². The number of benzene rings is 1. The average molecular weight is 522 g/mol. The summed E-state index contributed by atoms with van der Waals surface area (Å²) in [5.74, 6) is 0.471. The molecule has 2 aliphatic rings. The molecule has 0 bridgehead atoms. The van der Waals surface area contributed by atoms with Gasteiger partial charge in [-0.1, -0.05) is 12.1 Å². The number of hydrogen-bond donors (Lipinski definition) is 3. The second-order valence-electron chi connectivity index (χ2n) is 10.1. The van der Waals surface area contributed by atoms with Crippen molar-refractivity contribution in [2.24, 2.45) is 0 Å². The summed E-state index contributed by atoms with van der Waals surface area (Å²) >= 11 is 0. The van der Waals surface area contributed by atoms with E-state index in [1.807, 2.05) is 62.5 Å². The Kier molecular flexibility index (Phi) is 6.58. The summed E-state index contributed by atoms with van der Waals surface area (Å²) in [7, 11) is 0. The third-order valence-corrected chi connectivity index (χ3v) is 7.51. The smallest absolute Gasteiger partial charge is 0.256 e. The Bertz CT molecular complexity index is 1580. The van der Waals surface area contributed by atoms with E-state index in [0.29, 0.717) is 17.7 Å². The highest BCUT2D eigenvalue weighted by atomic mass is 16.2. The summed E-state index contributed by atoms with van der Waals surface area (Å²) in [6.07, 6.45) is 9.74. The van der Waals surface area contributed by atoms with Gasteiger partial charge in [0.15, 0.2) is 5.82 Å². The molecule has 5 heterocycles. The molecule has 0 radical (unpaired) electrons. The van der Waals surface area contributed by atoms with Crippen LogP contribution in [0, 0.1) is 13.8 Å². The largest absolute Gasteiger partial charge is 0.358 e. The number of carbonyl (C=O) groups is 2. The first-order valence-corrected chi connectivity index (χ1v) is 13.3. The molecule has 9 nitrogen and oxygen atoms in total. The zero-order valence-electron chi connectivity index (χ0n) is 22.1. The van der Waals surface area contributed by atoms with Gasteiger partial charge in [0.05, 0.1) is 17.3 Å². The van der Waals surface area contributed by atoms with E-state index < -0.39 is 0 Å². The van der Waals surface area contributed by atoms with E-state index in [0.717, 1.165) is 64.8 Å². The number of amides is 2. The maximum Gasteiger partial charge on any atom is 0.256 e. The first-order chi connectivity index (χ1) is 19.0. The maximum absolute atomic E-state index is 13.0. The molecule has 0 spiro atoms. The van der Waals surface area contributed by atoms with Crippen molar-refractivity contribution in [3.8, 4) is 16.9 Å². The summed E-state index contributed by atoms with van der Waals surface area (Å²) in [6, 6.07) is 11.6. The van der Waals surface area contributed by atoms with Gasteiger partial charge in [-0.25, -0.2) is 9.67 Å². The van der Waals surface area contributed by atoms with Crippen molar-refractivity contribution >= 4 is 29.2 Å². The van der Waals surface area contributed by atoms with E-state index >= 15 is 0 Å². The van der Waals surface area contributed by atoms with Crippen molar-refractivity contribution in [2.75, 3.05) is 31.5 Å². The topological polar surface area (TPSA) is 108 Å². The molecule has 0 aliphatic carbocycles. The zero-order valence-corrected chi connectivity index (χ0v) is 22.1. The second-order valence-corrected chi connectivity index (χ2v) is 10.1. The van der Waals surface area contributed by atoms with Gasteiger partial charge < -0.3 is 20.5 Å². The van der Waals surface area contributed by atoms with Crippen LogP contribution in [0.2, 0.25) is 0 Å². The number of H-pyrrole nitrogens is 1. The van der Waals surface area contributed by atoms with Gasteiger partial charge in [0.1, 0.15) is 0 Å². The number of fused-ring (bicyclic) bond motifs is 1. The number of rotatable bonds is 7. The van der Waals surface area contributed by atoms with Gasteiger partial charge in [-0.05, 0) is 81.2 Å². The van der Waals surface area contributed by atoms with Gasteiger partial charge in [-0.3, -0.25) is 9.59 Å². The predicted molar refractivity (Wildman–Crippen MR) is 152 cm³/mol. The summed E-state index contributed by atoms with van der Waals surface area (Å²) in [5.41, 5.74) is 6.98. The molecule has 0 atom stereocenters. The standard InChI is InChI=1S/C30H31N7O2/c1-19-26(34-20(2)28(19)30(39)32-11-14-36-12-5-6-13-36)16-24-23-15-21(8-9-25(23)35-29(24)38)22-17-33-37(18-22)27-7-3-4-10-31-27/h3-4,7-10,15-18,34H,5-6,11-14H2,1-2H3,(H,32,39)(H,35,38). The molecular formula is C30H31N7O2. The van der Waals surface area contributed by atoms with Crippen LogP contribution in [0.5, 0.6) is 0 Å². The molecule has 2 aliphatic heterocycles. The molecule has 2 amide bonds. The fourth-order valence-corrected chi connectivity index (χ4v) is 5.42. The lowest BCUT2D eigenvalue weighted by molar-refractivity contribution is -0.110. The van der Waals surface area contributed by atoms with Gasteiger partial charge in [-0.2, -0.15) is 5.10 Å². The van der Waals surface area contributed by atoms with Gasteiger partial charge in [0.2, 0.25) is 0 Å². The van der Waals surface area contributed by atoms with Crippen LogP contribution < -0.4 is 10.6 Å². The molecule has 0 unspecified atom stereocenters. The van der Waals surface area contributed by atoms with E-state index in [-0.39, 0.29) is 11.8 Å². The molecule has 9 heteroatoms. The lowest BCUT2D eigenvalue weighted by atomic mass is 10.00. The lowest BCUT2D eigenvalue weighted by Gasteiger charge is -2.14. The van der Waals surface area contributed by atoms with Crippen LogP contribution in [0.15, 0.2) is 55.0 Å². The number of aromatic nitrogens is 4. The Morgan fingerprint density at radius 1 is 1.13 bits per heavy atom. The highest BCUT2D eigenvalue weighted by molar-refractivity contribution is 6.35. The Morgan fingerprint density at radius 2 is 1.97 bits per heavy atom. The fourth-order valence-electron chi connectivity index (χ4n) is 5.42. The van der Waals surface area contributed by atoms with E-state index in [1.54, 1.807) is 17.1 Å². The van der Waals surface area contributed by atoms with E-state index in [4.69, 9.17) is 0 Å². The van der Waals surface area contributed by atoms with Crippen molar-refractivity contribution in [3.05, 3.63) is 83.1 Å². The fraction of sp³-hybridized carbons (Fsp3) is 0.267. The molecule has 1 saturated heterocycles. The van der Waals surface area contributed by atoms with E-state index in [1.165, 1.54) is 12.8 Å². The molecule has 1 fully saturated rings. The predicted octanol–water partition coefficient (Wildman–Crippen LogP) is 4.20. The molecule has 1 aromatic carbocycles. The molecule has 6 rings (SSSR count). The number of pyridine rings is 1. The van der Waals surface area contributed by atoms with Crippen LogP contribution in [0.1, 0.15) is 45.7 Å². The van der Waals surface area contributed by atoms with Crippen LogP contribution in [0.3, 0.4) is 0 Å². The Morgan fingerprint density at radius 3 is 2.77 bits per heavy atom. The number of nitrogens with one attached hydrogen (secondary N) is 3. The van der Waals surface area contributed by atoms with Gasteiger partial charge in [0, 0.05) is 53.7 Å². The number of anilines is 1. The highest BCUT2D eigenvalue weighted by Gasteiger charge is 2.26. The summed E-state index contributed by atoms with van der Waals surface area (Å²) in [5, 5.41) is 10.5. The number of hydrogen-bond acceptors (Lipinski definition) is 5. The van der Waals surface area contributed by atoms with Crippen LogP contribution in [0.25, 0.3) is 28.6 Å². The second kappa shape index (κ2) is 10.3. The Balaban J connectivity index is 1.25. The van der Waals surface area contributed by atoms with Gasteiger partial charge in [0.25, 0.3) is 11.8 Å². The molecular weight excluding hydrogens is 490 g/mol. The minimum absolute atomic E-state index is 0.0893. The van der Waals surface area contributed by atoms with Crippen molar-refractivity contribution in [1.82, 2.24) is 30.0 Å². The number of aryl methyl sites for hydroxylation is 1. The van der Waals surface area contributed by atoms with E-state index in [2.05, 4.69) is 30.6 Å². The first kappa shape index (κ1) is 24.8. The Labute approximate surface area is 226 Å². The highest BCUT2D eigenvalue weighted by Crippen LogP contribution is 2.37. The van der Waals surface area contributed by atoms with Crippen molar-refractivity contribution in [2.45, 2.75) is 26.7 Å². The zero-order chi connectivity index (χ0) is 26.9. The summed E-state index contributed by atoms with van der Waals surface area (Å²) in [4.78, 5) is 36.0. The first-order valence-electron chi connectivity index (χ1n) is 13.3. The SMILES string of the molecule is Cc1[nH]c(C=C2C(=O)Nc3ccc(-c4cnn(-c5ccccn5)c4)cc32)c(C)c1C(=O)NCCN1CCCC1. The number of carbonyl (C=O) groups excluding carboxylic acids is 2. The Hall–Kier alpha value is -4.50. The van der Waals surface area contributed by atoms with Crippen LogP contribution in [0.4, 0.5) is 5.69 Å². The molecule has 198 valence electrons. The average Bonchev–Trinajstić information content (AvgIpc) is 3.73. The molecule has 3 aromatic heterocycles. The molecule has 3 N–H and O–H groups in total. The summed E-state index contributed by atoms with van der Waals surface area (Å²) < 4.78 is 1.73. The number of aromatic amines is 1. The normalized spacial score (nSPS) is 16.1. The van der Waals surface area contributed by atoms with Gasteiger partial charge >= 0.3 is 0 Å². The quantitative estimate of drug-likeness (QED) is 0.316. The number of nitrogens with zero attached hydrogens (tertiary/aromatic N) is 4. The molecule has 39 heavy (non-hydrogen) atoms. The van der Waals surface area contributed by atoms with Gasteiger partial charge in [-0.15, -0.1) is 0 Å². The third-order valence-electron chi connectivity index (χ3n) is 7.51. The third kappa shape index (κ3) is 4.88. The monoisotopic (exact) mass is 521 g/mol. The van der Waals surface area contributed by atoms with Crippen LogP contribution in [-0.4, -0.2) is 62.6 Å². The maximum atomic E-state index is 13.0.